The molecule has 5 rings (SSSR count). The summed E-state index contributed by atoms with van der Waals surface area (Å²) in [6.07, 6.45) is 4.89. The molecule has 0 saturated carbocycles. The number of aliphatic hydroxyl groups is 1. The van der Waals surface area contributed by atoms with Gasteiger partial charge >= 0.3 is 0 Å². The Labute approximate surface area is 275 Å². The highest BCUT2D eigenvalue weighted by molar-refractivity contribution is 5.99. The van der Waals surface area contributed by atoms with Gasteiger partial charge in [-0.25, -0.2) is 19.3 Å². The molecule has 4 heterocycles. The molecule has 1 amide bonds. The fourth-order valence-electron chi connectivity index (χ4n) is 4.79. The second kappa shape index (κ2) is 18.0. The number of unbranched alkanes of at least 4 members (excludes halogenated alkanes) is 1. The number of carbonyl (C=O) groups is 1. The Balaban J connectivity index is 0.882. The van der Waals surface area contributed by atoms with Crippen molar-refractivity contribution in [1.82, 2.24) is 45.0 Å². The lowest BCUT2D eigenvalue weighted by Crippen LogP contribution is -2.26. The highest BCUT2D eigenvalue weighted by Crippen LogP contribution is 2.32. The topological polar surface area (TPSA) is 239 Å². The first-order chi connectivity index (χ1) is 23.5. The van der Waals surface area contributed by atoms with Gasteiger partial charge in [0.25, 0.3) is 6.01 Å². The smallest absolute Gasteiger partial charge is 0.292 e. The average Bonchev–Trinajstić information content (AvgIpc) is 3.81. The molecule has 0 fully saturated rings. The van der Waals surface area contributed by atoms with Gasteiger partial charge in [-0.2, -0.15) is 10.1 Å². The number of rotatable bonds is 22. The minimum absolute atomic E-state index is 0.0704. The number of ether oxygens (including phenoxy) is 4. The van der Waals surface area contributed by atoms with Crippen molar-refractivity contribution < 1.29 is 33.3 Å². The van der Waals surface area contributed by atoms with Crippen LogP contribution in [0.4, 0.5) is 11.8 Å². The summed E-state index contributed by atoms with van der Waals surface area (Å²) in [5.74, 6) is 0.267. The number of aromatic nitrogens is 8. The summed E-state index contributed by atoms with van der Waals surface area (Å²) in [5.41, 5.74) is 15.7. The van der Waals surface area contributed by atoms with Crippen molar-refractivity contribution >= 4 is 39.9 Å². The maximum Gasteiger partial charge on any atom is 0.292 e. The van der Waals surface area contributed by atoms with Crippen molar-refractivity contribution in [3.63, 3.8) is 0 Å². The van der Waals surface area contributed by atoms with Crippen LogP contribution in [0.2, 0.25) is 0 Å². The molecule has 0 radical (unpaired) electrons. The Morgan fingerprint density at radius 3 is 2.44 bits per heavy atom. The van der Waals surface area contributed by atoms with Crippen LogP contribution in [-0.4, -0.2) is 110 Å². The first-order valence-electron chi connectivity index (χ1n) is 15.7. The van der Waals surface area contributed by atoms with Gasteiger partial charge in [-0.05, 0) is 31.0 Å². The zero-order valence-electron chi connectivity index (χ0n) is 26.6. The van der Waals surface area contributed by atoms with Gasteiger partial charge < -0.3 is 45.3 Å². The Kier molecular flexibility index (Phi) is 12.9. The second-order valence-electron chi connectivity index (χ2n) is 10.7. The Bertz CT molecular complexity index is 1740. The summed E-state index contributed by atoms with van der Waals surface area (Å²) in [4.78, 5) is 25.0. The first-order valence-corrected chi connectivity index (χ1v) is 15.7. The number of nitrogens with zero attached hydrogens (tertiary/aromatic N) is 8. The Morgan fingerprint density at radius 2 is 1.69 bits per heavy atom. The van der Waals surface area contributed by atoms with E-state index in [-0.39, 0.29) is 24.9 Å². The van der Waals surface area contributed by atoms with E-state index < -0.39 is 0 Å². The molecule has 0 atom stereocenters. The Morgan fingerprint density at radius 1 is 0.938 bits per heavy atom. The lowest BCUT2D eigenvalue weighted by molar-refractivity contribution is -0.122. The van der Waals surface area contributed by atoms with Crippen molar-refractivity contribution in [2.24, 2.45) is 0 Å². The van der Waals surface area contributed by atoms with Crippen LogP contribution in [0.15, 0.2) is 35.1 Å². The number of nitrogens with one attached hydrogen (secondary N) is 1. The number of nitrogen functional groups attached to an aromatic ring is 2. The summed E-state index contributed by atoms with van der Waals surface area (Å²) in [6.45, 7) is 4.95. The lowest BCUT2D eigenvalue weighted by atomic mass is 10.1. The number of aliphatic hydroxyl groups excluding tert-OH is 1. The van der Waals surface area contributed by atoms with Gasteiger partial charge in [-0.1, -0.05) is 5.21 Å². The predicted octanol–water partition coefficient (Wildman–Crippen LogP) is 0.936. The number of hydrogen-bond acceptors (Lipinski definition) is 15. The summed E-state index contributed by atoms with van der Waals surface area (Å²) in [6, 6.07) is 5.60. The van der Waals surface area contributed by atoms with Gasteiger partial charge in [-0.3, -0.25) is 4.79 Å². The van der Waals surface area contributed by atoms with Gasteiger partial charge in [0, 0.05) is 25.1 Å². The molecule has 6 N–H and O–H groups in total. The van der Waals surface area contributed by atoms with Gasteiger partial charge in [0.05, 0.1) is 77.6 Å². The van der Waals surface area contributed by atoms with Gasteiger partial charge in [0.15, 0.2) is 11.2 Å². The van der Waals surface area contributed by atoms with E-state index in [9.17, 15) is 4.79 Å². The average molecular weight is 668 g/mol. The standard InChI is InChI=1S/C30H41N11O7/c31-28-26-27(21-3-4-24-23(17-21)36-30(32)48-24)38-41(29(26)35-20-34-28)7-2-1-6-33-25(43)5-9-44-11-13-46-15-16-47-14-12-45-10-8-40-18-22(19-42)37-39-40/h3-4,17-18,20,42H,1-2,5-16,19H2,(H2,32,36)(H,33,43)(H2,31,34,35). The zero-order valence-corrected chi connectivity index (χ0v) is 26.6. The van der Waals surface area contributed by atoms with Crippen LogP contribution < -0.4 is 16.8 Å². The maximum absolute atomic E-state index is 12.2. The maximum atomic E-state index is 12.2. The van der Waals surface area contributed by atoms with Crippen LogP contribution in [0, 0.1) is 0 Å². The van der Waals surface area contributed by atoms with E-state index in [0.29, 0.717) is 112 Å². The van der Waals surface area contributed by atoms with Crippen LogP contribution in [0.25, 0.3) is 33.4 Å². The molecule has 0 unspecified atom stereocenters. The van der Waals surface area contributed by atoms with Crippen LogP contribution in [-0.2, 0) is 43.4 Å². The molecule has 0 saturated heterocycles. The third-order valence-electron chi connectivity index (χ3n) is 7.16. The van der Waals surface area contributed by atoms with E-state index >= 15 is 0 Å². The number of fused-ring (bicyclic) bond motifs is 2. The molecule has 0 aliphatic heterocycles. The quantitative estimate of drug-likeness (QED) is 0.0751. The van der Waals surface area contributed by atoms with Crippen LogP contribution in [0.5, 0.6) is 0 Å². The van der Waals surface area contributed by atoms with E-state index in [1.165, 1.54) is 6.33 Å². The minimum atomic E-state index is -0.131. The van der Waals surface area contributed by atoms with Crippen molar-refractivity contribution in [2.75, 3.05) is 70.9 Å². The van der Waals surface area contributed by atoms with Gasteiger partial charge in [0.1, 0.15) is 29.0 Å². The normalized spacial score (nSPS) is 11.6. The number of aryl methyl sites for hydroxylation is 1. The van der Waals surface area contributed by atoms with Gasteiger partial charge in [0.2, 0.25) is 5.91 Å². The molecule has 4 aromatic heterocycles. The fraction of sp³-hybridized carbons (Fsp3) is 0.500. The number of hydrogen-bond donors (Lipinski definition) is 4. The monoisotopic (exact) mass is 667 g/mol. The third-order valence-corrected chi connectivity index (χ3v) is 7.16. The van der Waals surface area contributed by atoms with E-state index in [4.69, 9.17) is 45.0 Å². The highest BCUT2D eigenvalue weighted by Gasteiger charge is 2.18. The van der Waals surface area contributed by atoms with E-state index in [1.807, 2.05) is 16.8 Å². The number of nitrogens with two attached hydrogens (primary N) is 2. The first kappa shape index (κ1) is 34.6. The molecule has 0 aliphatic rings. The molecular formula is C30H41N11O7. The van der Waals surface area contributed by atoms with Crippen molar-refractivity contribution in [1.29, 1.82) is 0 Å². The zero-order chi connectivity index (χ0) is 33.6. The summed E-state index contributed by atoms with van der Waals surface area (Å²) >= 11 is 0. The number of anilines is 2. The Hall–Kier alpha value is -4.75. The minimum Gasteiger partial charge on any atom is -0.424 e. The number of benzene rings is 1. The molecular weight excluding hydrogens is 626 g/mol. The van der Waals surface area contributed by atoms with Crippen molar-refractivity contribution in [3.05, 3.63) is 36.4 Å². The molecule has 258 valence electrons. The molecule has 0 spiro atoms. The molecule has 0 aliphatic carbocycles. The molecule has 48 heavy (non-hydrogen) atoms. The van der Waals surface area contributed by atoms with Crippen LogP contribution in [0.1, 0.15) is 25.0 Å². The van der Waals surface area contributed by atoms with Crippen LogP contribution in [0.3, 0.4) is 0 Å². The molecule has 0 bridgehead atoms. The molecule has 18 nitrogen and oxygen atoms in total. The van der Waals surface area contributed by atoms with E-state index in [2.05, 4.69) is 30.6 Å². The van der Waals surface area contributed by atoms with E-state index in [1.54, 1.807) is 16.9 Å². The number of carbonyl (C=O) groups excluding carboxylic acids is 1. The summed E-state index contributed by atoms with van der Waals surface area (Å²) in [5, 5.41) is 25.0. The third kappa shape index (κ3) is 9.88. The summed E-state index contributed by atoms with van der Waals surface area (Å²) in [7, 11) is 0. The SMILES string of the molecule is Nc1nc2cc(-c3nn(CCCCNC(=O)CCOCCOCCOCCOCCn4cc(CO)nn4)c4ncnc(N)c34)ccc2o1. The molecule has 5 aromatic rings. The van der Waals surface area contributed by atoms with Gasteiger partial charge in [-0.15, -0.1) is 5.10 Å². The lowest BCUT2D eigenvalue weighted by Gasteiger charge is -2.08. The van der Waals surface area contributed by atoms with E-state index in [0.717, 1.165) is 18.4 Å². The van der Waals surface area contributed by atoms with Crippen molar-refractivity contribution in [2.45, 2.75) is 39.0 Å². The second-order valence-corrected chi connectivity index (χ2v) is 10.7. The number of amides is 1. The molecule has 1 aromatic carbocycles. The largest absolute Gasteiger partial charge is 0.424 e. The number of oxazole rings is 1. The van der Waals surface area contributed by atoms with Crippen molar-refractivity contribution in [3.8, 4) is 11.3 Å². The summed E-state index contributed by atoms with van der Waals surface area (Å²) < 4.78 is 30.7. The highest BCUT2D eigenvalue weighted by atomic mass is 16.6. The molecule has 18 heteroatoms. The van der Waals surface area contributed by atoms with Crippen LogP contribution >= 0.6 is 0 Å². The fourth-order valence-corrected chi connectivity index (χ4v) is 4.79. The predicted molar refractivity (Wildman–Crippen MR) is 173 cm³/mol.